The molecule has 0 atom stereocenters. The number of thioether (sulfide) groups is 1. The Hall–Kier alpha value is 0.270. The van der Waals surface area contributed by atoms with Crippen LogP contribution in [0.5, 0.6) is 0 Å². The molecule has 2 nitrogen and oxygen atoms in total. The second-order valence-corrected chi connectivity index (χ2v) is 5.09. The molecule has 1 fully saturated rings. The van der Waals surface area contributed by atoms with Crippen molar-refractivity contribution in [1.82, 2.24) is 4.90 Å². The van der Waals surface area contributed by atoms with Gasteiger partial charge in [-0.2, -0.15) is 11.8 Å². The monoisotopic (exact) mass is 216 g/mol. The fraction of sp³-hybridized carbons (Fsp3) is 1.00. The normalized spacial score (nSPS) is 18.2. The van der Waals surface area contributed by atoms with Gasteiger partial charge in [0.25, 0.3) is 0 Å². The van der Waals surface area contributed by atoms with Crippen LogP contribution < -0.4 is 5.73 Å². The summed E-state index contributed by atoms with van der Waals surface area (Å²) in [5.74, 6) is 1.29. The van der Waals surface area contributed by atoms with Gasteiger partial charge in [0.15, 0.2) is 0 Å². The van der Waals surface area contributed by atoms with Gasteiger partial charge in [0.2, 0.25) is 0 Å². The van der Waals surface area contributed by atoms with Crippen LogP contribution in [0.15, 0.2) is 0 Å². The molecule has 0 saturated heterocycles. The number of nitrogens with two attached hydrogens (primary N) is 1. The van der Waals surface area contributed by atoms with E-state index in [9.17, 15) is 0 Å². The Morgan fingerprint density at radius 3 is 2.57 bits per heavy atom. The highest BCUT2D eigenvalue weighted by Crippen LogP contribution is 2.23. The largest absolute Gasteiger partial charge is 0.329 e. The smallest absolute Gasteiger partial charge is 0.0108 e. The van der Waals surface area contributed by atoms with E-state index in [0.717, 1.165) is 19.1 Å². The molecular weight excluding hydrogens is 192 g/mol. The van der Waals surface area contributed by atoms with E-state index in [1.807, 2.05) is 11.8 Å². The SMILES string of the molecule is CSCCCN(CCN)C1CCCC1. The van der Waals surface area contributed by atoms with Crippen LogP contribution in [0.2, 0.25) is 0 Å². The van der Waals surface area contributed by atoms with E-state index in [0.29, 0.717) is 0 Å². The van der Waals surface area contributed by atoms with Crippen molar-refractivity contribution in [3.8, 4) is 0 Å². The predicted octanol–water partition coefficient (Wildman–Crippen LogP) is 1.94. The summed E-state index contributed by atoms with van der Waals surface area (Å²) >= 11 is 1.95. The van der Waals surface area contributed by atoms with Gasteiger partial charge < -0.3 is 5.73 Å². The molecule has 1 saturated carbocycles. The number of nitrogens with zero attached hydrogens (tertiary/aromatic N) is 1. The van der Waals surface area contributed by atoms with Gasteiger partial charge in [-0.25, -0.2) is 0 Å². The molecule has 0 bridgehead atoms. The zero-order chi connectivity index (χ0) is 10.2. The quantitative estimate of drug-likeness (QED) is 0.660. The summed E-state index contributed by atoms with van der Waals surface area (Å²) in [7, 11) is 0. The lowest BCUT2D eigenvalue weighted by molar-refractivity contribution is 0.205. The molecule has 0 spiro atoms. The van der Waals surface area contributed by atoms with Crippen LogP contribution in [0.1, 0.15) is 32.1 Å². The van der Waals surface area contributed by atoms with Crippen LogP contribution in [-0.2, 0) is 0 Å². The molecule has 1 aliphatic rings. The summed E-state index contributed by atoms with van der Waals surface area (Å²) in [6.45, 7) is 3.16. The number of hydrogen-bond acceptors (Lipinski definition) is 3. The van der Waals surface area contributed by atoms with E-state index >= 15 is 0 Å². The van der Waals surface area contributed by atoms with E-state index in [1.165, 1.54) is 44.4 Å². The minimum absolute atomic E-state index is 0.815. The third-order valence-corrected chi connectivity index (χ3v) is 3.75. The van der Waals surface area contributed by atoms with Crippen molar-refractivity contribution < 1.29 is 0 Å². The van der Waals surface area contributed by atoms with E-state index < -0.39 is 0 Å². The number of rotatable bonds is 7. The zero-order valence-corrected chi connectivity index (χ0v) is 10.2. The minimum atomic E-state index is 0.815. The molecule has 0 aromatic carbocycles. The second kappa shape index (κ2) is 7.55. The van der Waals surface area contributed by atoms with E-state index in [1.54, 1.807) is 0 Å². The van der Waals surface area contributed by atoms with Crippen molar-refractivity contribution in [3.05, 3.63) is 0 Å². The molecule has 0 unspecified atom stereocenters. The van der Waals surface area contributed by atoms with Crippen LogP contribution in [0.4, 0.5) is 0 Å². The highest BCUT2D eigenvalue weighted by molar-refractivity contribution is 7.98. The van der Waals surface area contributed by atoms with Gasteiger partial charge in [-0.15, -0.1) is 0 Å². The first-order chi connectivity index (χ1) is 6.88. The molecular formula is C11H24N2S. The highest BCUT2D eigenvalue weighted by atomic mass is 32.2. The lowest BCUT2D eigenvalue weighted by atomic mass is 10.2. The molecule has 3 heteroatoms. The van der Waals surface area contributed by atoms with Crippen molar-refractivity contribution in [2.24, 2.45) is 5.73 Å². The Morgan fingerprint density at radius 1 is 1.29 bits per heavy atom. The Morgan fingerprint density at radius 2 is 2.00 bits per heavy atom. The van der Waals surface area contributed by atoms with Gasteiger partial charge in [-0.1, -0.05) is 12.8 Å². The molecule has 0 aliphatic heterocycles. The van der Waals surface area contributed by atoms with Crippen molar-refractivity contribution in [1.29, 1.82) is 0 Å². The van der Waals surface area contributed by atoms with Crippen LogP contribution in [0, 0.1) is 0 Å². The van der Waals surface area contributed by atoms with E-state index in [-0.39, 0.29) is 0 Å². The summed E-state index contributed by atoms with van der Waals surface area (Å²) in [5, 5.41) is 0. The van der Waals surface area contributed by atoms with Gasteiger partial charge in [0.1, 0.15) is 0 Å². The first kappa shape index (κ1) is 12.3. The lowest BCUT2D eigenvalue weighted by Gasteiger charge is -2.28. The fourth-order valence-electron chi connectivity index (χ4n) is 2.32. The van der Waals surface area contributed by atoms with Gasteiger partial charge in [-0.3, -0.25) is 4.90 Å². The van der Waals surface area contributed by atoms with Gasteiger partial charge >= 0.3 is 0 Å². The lowest BCUT2D eigenvalue weighted by Crippen LogP contribution is -2.38. The van der Waals surface area contributed by atoms with Crippen LogP contribution in [0.25, 0.3) is 0 Å². The molecule has 1 rings (SSSR count). The molecule has 14 heavy (non-hydrogen) atoms. The molecule has 84 valence electrons. The van der Waals surface area contributed by atoms with Gasteiger partial charge in [0, 0.05) is 19.1 Å². The van der Waals surface area contributed by atoms with Gasteiger partial charge in [0.05, 0.1) is 0 Å². The summed E-state index contributed by atoms with van der Waals surface area (Å²) in [4.78, 5) is 2.61. The summed E-state index contributed by atoms with van der Waals surface area (Å²) in [5.41, 5.74) is 5.65. The van der Waals surface area contributed by atoms with Crippen molar-refractivity contribution in [2.45, 2.75) is 38.1 Å². The molecule has 0 amide bonds. The minimum Gasteiger partial charge on any atom is -0.329 e. The second-order valence-electron chi connectivity index (χ2n) is 4.11. The maximum absolute atomic E-state index is 5.65. The third kappa shape index (κ3) is 4.20. The molecule has 0 aromatic heterocycles. The molecule has 0 aromatic rings. The van der Waals surface area contributed by atoms with Crippen molar-refractivity contribution in [2.75, 3.05) is 31.6 Å². The van der Waals surface area contributed by atoms with E-state index in [2.05, 4.69) is 11.2 Å². The third-order valence-electron chi connectivity index (χ3n) is 3.05. The highest BCUT2D eigenvalue weighted by Gasteiger charge is 2.21. The molecule has 2 N–H and O–H groups in total. The Labute approximate surface area is 92.6 Å². The predicted molar refractivity (Wildman–Crippen MR) is 65.9 cm³/mol. The summed E-state index contributed by atoms with van der Waals surface area (Å²) in [6, 6.07) is 0.848. The van der Waals surface area contributed by atoms with E-state index in [4.69, 9.17) is 5.73 Å². The van der Waals surface area contributed by atoms with Crippen LogP contribution in [-0.4, -0.2) is 42.6 Å². The molecule has 1 aliphatic carbocycles. The Kier molecular flexibility index (Phi) is 6.65. The topological polar surface area (TPSA) is 29.3 Å². The average molecular weight is 216 g/mol. The Bertz CT molecular complexity index is 135. The maximum atomic E-state index is 5.65. The summed E-state index contributed by atoms with van der Waals surface area (Å²) < 4.78 is 0. The van der Waals surface area contributed by atoms with Crippen LogP contribution >= 0.6 is 11.8 Å². The van der Waals surface area contributed by atoms with Gasteiger partial charge in [-0.05, 0) is 37.8 Å². The van der Waals surface area contributed by atoms with Crippen molar-refractivity contribution in [3.63, 3.8) is 0 Å². The average Bonchev–Trinajstić information content (AvgIpc) is 2.70. The standard InChI is InChI=1S/C11H24N2S/c1-14-10-4-8-13(9-7-12)11-5-2-3-6-11/h11H,2-10,12H2,1H3. The van der Waals surface area contributed by atoms with Crippen LogP contribution in [0.3, 0.4) is 0 Å². The first-order valence-electron chi connectivity index (χ1n) is 5.81. The number of hydrogen-bond donors (Lipinski definition) is 1. The Balaban J connectivity index is 2.22. The first-order valence-corrected chi connectivity index (χ1v) is 7.21. The zero-order valence-electron chi connectivity index (χ0n) is 9.37. The van der Waals surface area contributed by atoms with Crippen molar-refractivity contribution >= 4 is 11.8 Å². The summed E-state index contributed by atoms with van der Waals surface area (Å²) in [6.07, 6.45) is 9.15. The maximum Gasteiger partial charge on any atom is 0.0108 e. The molecule has 0 heterocycles. The molecule has 0 radical (unpaired) electrons. The fourth-order valence-corrected chi connectivity index (χ4v) is 2.74.